The van der Waals surface area contributed by atoms with Crippen molar-refractivity contribution < 1.29 is 0 Å². The molecule has 1 rings (SSSR count). The van der Waals surface area contributed by atoms with Crippen LogP contribution in [0.4, 0.5) is 11.5 Å². The van der Waals surface area contributed by atoms with Crippen LogP contribution in [0.5, 0.6) is 0 Å². The van der Waals surface area contributed by atoms with Gasteiger partial charge in [-0.3, -0.25) is 9.78 Å². The maximum absolute atomic E-state index is 10.9. The largest absolute Gasteiger partial charge is 0.391 e. The van der Waals surface area contributed by atoms with Crippen molar-refractivity contribution in [1.82, 2.24) is 7.76 Å². The van der Waals surface area contributed by atoms with Crippen molar-refractivity contribution in [3.05, 3.63) is 20.8 Å². The maximum atomic E-state index is 10.9. The van der Waals surface area contributed by atoms with E-state index in [0.29, 0.717) is 0 Å². The predicted octanol–water partition coefficient (Wildman–Crippen LogP) is -1.10. The Morgan fingerprint density at radius 3 is 2.45 bits per heavy atom. The van der Waals surface area contributed by atoms with Crippen LogP contribution in [0.15, 0.2) is 9.59 Å². The molecule has 0 atom stereocenters. The van der Waals surface area contributed by atoms with Crippen LogP contribution in [0.3, 0.4) is 0 Å². The van der Waals surface area contributed by atoms with Gasteiger partial charge >= 0.3 is 5.69 Å². The molecule has 0 saturated heterocycles. The number of anilines is 2. The van der Waals surface area contributed by atoms with Crippen molar-refractivity contribution >= 4 is 34.4 Å². The molecule has 0 aromatic carbocycles. The van der Waals surface area contributed by atoms with Crippen molar-refractivity contribution in [1.29, 1.82) is 0 Å². The Morgan fingerprint density at radius 2 is 1.91 bits per heavy atom. The number of hydrogen-bond acceptors (Lipinski definition) is 4. The molecule has 6 nitrogen and oxygen atoms in total. The van der Waals surface area contributed by atoms with Gasteiger partial charge in [0.05, 0.1) is 22.9 Å². The molecule has 1 aromatic heterocycles. The summed E-state index contributed by atoms with van der Waals surface area (Å²) < 4.78 is 0.823. The molecule has 0 bridgehead atoms. The third kappa shape index (κ3) is 1.23. The van der Waals surface area contributed by atoms with E-state index in [1.165, 1.54) is 22.9 Å². The highest BCUT2D eigenvalue weighted by Gasteiger charge is 2.05. The molecule has 0 saturated carbocycles. The molecule has 0 spiro atoms. The Hall–Kier alpha value is -0.990. The van der Waals surface area contributed by atoms with Gasteiger partial charge in [0, 0.05) is 0 Å². The Kier molecular flexibility index (Phi) is 1.89. The highest BCUT2D eigenvalue weighted by atomic mass is 127. The lowest BCUT2D eigenvalue weighted by Crippen LogP contribution is -2.31. The summed E-state index contributed by atoms with van der Waals surface area (Å²) in [6.07, 6.45) is 0. The summed E-state index contributed by atoms with van der Waals surface area (Å²) in [5, 5.41) is 0. The molecule has 5 N–H and O–H groups in total. The van der Waals surface area contributed by atoms with Gasteiger partial charge in [-0.15, -0.1) is 0 Å². The first-order chi connectivity index (χ1) is 5.04. The fourth-order valence-electron chi connectivity index (χ4n) is 0.545. The second-order valence-electron chi connectivity index (χ2n) is 1.84. The second-order valence-corrected chi connectivity index (χ2v) is 2.81. The van der Waals surface area contributed by atoms with E-state index in [2.05, 4.69) is 4.98 Å². The number of nitrogen functional groups attached to an aromatic ring is 2. The van der Waals surface area contributed by atoms with E-state index in [1.807, 2.05) is 0 Å². The first kappa shape index (κ1) is 8.11. The maximum Gasteiger partial charge on any atom is 0.339 e. The van der Waals surface area contributed by atoms with Crippen LogP contribution in [0.1, 0.15) is 0 Å². The van der Waals surface area contributed by atoms with E-state index in [-0.39, 0.29) is 11.5 Å². The number of nitrogens with zero attached hydrogens (tertiary/aromatic N) is 1. The Balaban J connectivity index is 3.74. The summed E-state index contributed by atoms with van der Waals surface area (Å²) in [4.78, 5) is 23.9. The molecule has 7 heteroatoms. The number of rotatable bonds is 0. The average molecular weight is 268 g/mol. The number of nitrogens with two attached hydrogens (primary N) is 2. The first-order valence-electron chi connectivity index (χ1n) is 2.60. The molecule has 0 aliphatic heterocycles. The lowest BCUT2D eigenvalue weighted by atomic mass is 10.5. The van der Waals surface area contributed by atoms with Crippen LogP contribution in [0, 0.1) is 0 Å². The van der Waals surface area contributed by atoms with Gasteiger partial charge < -0.3 is 11.5 Å². The third-order valence-corrected chi connectivity index (χ3v) is 2.00. The highest BCUT2D eigenvalue weighted by molar-refractivity contribution is 14.1. The zero-order valence-corrected chi connectivity index (χ0v) is 7.45. The molecule has 1 heterocycles. The summed E-state index contributed by atoms with van der Waals surface area (Å²) >= 11 is 1.54. The lowest BCUT2D eigenvalue weighted by Gasteiger charge is -1.98. The molecule has 0 fully saturated rings. The molecule has 0 aliphatic rings. The van der Waals surface area contributed by atoms with Gasteiger partial charge in [0.2, 0.25) is 0 Å². The fourth-order valence-corrected chi connectivity index (χ4v) is 0.925. The van der Waals surface area contributed by atoms with E-state index in [9.17, 15) is 9.59 Å². The molecule has 0 aliphatic carbocycles. The Morgan fingerprint density at radius 1 is 1.36 bits per heavy atom. The highest BCUT2D eigenvalue weighted by Crippen LogP contribution is 1.99. The SMILES string of the molecule is Nc1[nH]c(=O)n(I)c(=O)c1N. The summed E-state index contributed by atoms with van der Waals surface area (Å²) in [7, 11) is 0. The van der Waals surface area contributed by atoms with Crippen molar-refractivity contribution in [3.63, 3.8) is 0 Å². The van der Waals surface area contributed by atoms with Crippen molar-refractivity contribution in [3.8, 4) is 0 Å². The number of H-pyrrole nitrogens is 1. The van der Waals surface area contributed by atoms with E-state index in [4.69, 9.17) is 11.5 Å². The number of halogens is 1. The van der Waals surface area contributed by atoms with Gasteiger partial charge in [-0.25, -0.2) is 4.79 Å². The summed E-state index contributed by atoms with van der Waals surface area (Å²) in [5.74, 6) is -0.0899. The van der Waals surface area contributed by atoms with Crippen molar-refractivity contribution in [2.45, 2.75) is 0 Å². The molecule has 1 aromatic rings. The van der Waals surface area contributed by atoms with Crippen molar-refractivity contribution in [2.75, 3.05) is 11.5 Å². The Labute approximate surface area is 74.7 Å². The van der Waals surface area contributed by atoms with E-state index < -0.39 is 11.2 Å². The van der Waals surface area contributed by atoms with Crippen LogP contribution < -0.4 is 22.7 Å². The number of nitrogens with one attached hydrogen (secondary N) is 1. The predicted molar refractivity (Wildman–Crippen MR) is 49.6 cm³/mol. The first-order valence-corrected chi connectivity index (χ1v) is 3.57. The van der Waals surface area contributed by atoms with Crippen LogP contribution >= 0.6 is 22.9 Å². The van der Waals surface area contributed by atoms with Gasteiger partial charge in [0.1, 0.15) is 11.5 Å². The minimum Gasteiger partial charge on any atom is -0.391 e. The number of aromatic amines is 1. The lowest BCUT2D eigenvalue weighted by molar-refractivity contribution is 1.03. The molecule has 0 unspecified atom stereocenters. The van der Waals surface area contributed by atoms with E-state index >= 15 is 0 Å². The zero-order chi connectivity index (χ0) is 8.59. The topological polar surface area (TPSA) is 107 Å². The molecule has 0 radical (unpaired) electrons. The quantitative estimate of drug-likeness (QED) is 0.519. The van der Waals surface area contributed by atoms with Gasteiger partial charge in [-0.2, -0.15) is 2.78 Å². The summed E-state index contributed by atoms with van der Waals surface area (Å²) in [6.45, 7) is 0. The normalized spacial score (nSPS) is 9.91. The van der Waals surface area contributed by atoms with E-state index in [0.717, 1.165) is 2.78 Å². The van der Waals surface area contributed by atoms with Crippen molar-refractivity contribution in [2.24, 2.45) is 0 Å². The van der Waals surface area contributed by atoms with Crippen LogP contribution in [0.25, 0.3) is 0 Å². The van der Waals surface area contributed by atoms with Gasteiger partial charge in [0.25, 0.3) is 5.56 Å². The minimum atomic E-state index is -0.591. The Bertz CT molecular complexity index is 392. The fraction of sp³-hybridized carbons (Fsp3) is 0. The number of aromatic nitrogens is 2. The van der Waals surface area contributed by atoms with Gasteiger partial charge in [-0.1, -0.05) is 0 Å². The molecule has 0 amide bonds. The van der Waals surface area contributed by atoms with E-state index in [1.54, 1.807) is 0 Å². The summed E-state index contributed by atoms with van der Waals surface area (Å²) in [6, 6.07) is 0. The smallest absolute Gasteiger partial charge is 0.339 e. The minimum absolute atomic E-state index is 0.0899. The second kappa shape index (κ2) is 2.57. The average Bonchev–Trinajstić information content (AvgIpc) is 1.97. The monoisotopic (exact) mass is 268 g/mol. The van der Waals surface area contributed by atoms with Crippen LogP contribution in [0.2, 0.25) is 0 Å². The molecular formula is C4H5IN4O2. The standard InChI is InChI=1S/C4H5IN4O2/c5-9-3(10)1(6)2(7)8-4(9)11/h6-7H2,(H,8,11). The molecular weight excluding hydrogens is 263 g/mol. The van der Waals surface area contributed by atoms with Gasteiger partial charge in [-0.05, 0) is 0 Å². The van der Waals surface area contributed by atoms with Crippen LogP contribution in [-0.4, -0.2) is 7.76 Å². The van der Waals surface area contributed by atoms with Crippen LogP contribution in [-0.2, 0) is 0 Å². The number of hydrogen-bond donors (Lipinski definition) is 3. The molecule has 60 valence electrons. The zero-order valence-electron chi connectivity index (χ0n) is 5.30. The van der Waals surface area contributed by atoms with Gasteiger partial charge in [0.15, 0.2) is 0 Å². The summed E-state index contributed by atoms with van der Waals surface area (Å²) in [5.41, 5.74) is 9.10. The molecule has 11 heavy (non-hydrogen) atoms. The third-order valence-electron chi connectivity index (χ3n) is 1.12.